The van der Waals surface area contributed by atoms with Crippen LogP contribution in [-0.4, -0.2) is 15.7 Å². The maximum Gasteiger partial charge on any atom is 0.0255 e. The molecule has 0 radical (unpaired) electrons. The minimum absolute atomic E-state index is 0.266. The van der Waals surface area contributed by atoms with Gasteiger partial charge in [-0.05, 0) is 69.1 Å². The van der Waals surface area contributed by atoms with Gasteiger partial charge in [-0.25, -0.2) is 0 Å². The molecule has 1 saturated carbocycles. The van der Waals surface area contributed by atoms with Crippen LogP contribution in [0.4, 0.5) is 0 Å². The van der Waals surface area contributed by atoms with Crippen LogP contribution >= 0.6 is 9.39 Å². The maximum absolute atomic E-state index is 3.11. The van der Waals surface area contributed by atoms with Crippen LogP contribution in [0.15, 0.2) is 0 Å². The van der Waals surface area contributed by atoms with Crippen molar-refractivity contribution in [1.29, 1.82) is 0 Å². The highest BCUT2D eigenvalue weighted by Gasteiger charge is 2.56. The molecule has 2 heteroatoms. The zero-order chi connectivity index (χ0) is 15.4. The number of rotatable bonds is 1. The summed E-state index contributed by atoms with van der Waals surface area (Å²) in [6, 6.07) is 0. The number of fused-ring (bicyclic) bond motifs is 6. The third-order valence-corrected chi connectivity index (χ3v) is 7.23. The molecule has 2 saturated heterocycles. The molecule has 2 heterocycles. The van der Waals surface area contributed by atoms with E-state index in [9.17, 15) is 0 Å². The Bertz CT molecular complexity index is 366. The molecular weight excluding hydrogens is 261 g/mol. The Hall–Kier alpha value is 0.390. The average molecular weight is 297 g/mol. The first-order chi connectivity index (χ1) is 8.94. The van der Waals surface area contributed by atoms with Gasteiger partial charge in [0.15, 0.2) is 0 Å². The van der Waals surface area contributed by atoms with Crippen molar-refractivity contribution >= 4 is 9.39 Å². The summed E-state index contributed by atoms with van der Waals surface area (Å²) in [6.07, 6.45) is 8.11. The Morgan fingerprint density at radius 3 is 2.05 bits per heavy atom. The van der Waals surface area contributed by atoms with E-state index in [4.69, 9.17) is 0 Å². The van der Waals surface area contributed by atoms with Crippen molar-refractivity contribution in [1.82, 2.24) is 4.67 Å². The molecule has 3 rings (SSSR count). The van der Waals surface area contributed by atoms with E-state index in [2.05, 4.69) is 62.5 Å². The van der Waals surface area contributed by atoms with Crippen molar-refractivity contribution in [2.24, 2.45) is 16.7 Å². The quantitative estimate of drug-likeness (QED) is 0.565. The molecule has 2 aliphatic heterocycles. The molecule has 3 aliphatic rings. The molecule has 2 atom stereocenters. The molecular formula is C18H36NP. The van der Waals surface area contributed by atoms with Crippen LogP contribution in [0.3, 0.4) is 0 Å². The Morgan fingerprint density at radius 1 is 1.00 bits per heavy atom. The summed E-state index contributed by atoms with van der Waals surface area (Å²) in [5, 5.41) is 0. The molecule has 1 nitrogen and oxygen atoms in total. The second-order valence-electron chi connectivity index (χ2n) is 9.78. The lowest BCUT2D eigenvalue weighted by Crippen LogP contribution is -2.64. The number of nitrogens with zero attached hydrogens (tertiary/aromatic N) is 1. The van der Waals surface area contributed by atoms with Crippen LogP contribution in [0.5, 0.6) is 0 Å². The molecule has 3 fully saturated rings. The molecule has 0 aromatic heterocycles. The summed E-state index contributed by atoms with van der Waals surface area (Å²) in [5.74, 6) is 0.858. The van der Waals surface area contributed by atoms with Crippen molar-refractivity contribution in [2.45, 2.75) is 98.1 Å². The first-order valence-corrected chi connectivity index (χ1v) is 9.00. The van der Waals surface area contributed by atoms with Crippen LogP contribution in [0, 0.1) is 16.7 Å². The molecule has 20 heavy (non-hydrogen) atoms. The van der Waals surface area contributed by atoms with Crippen LogP contribution in [0.25, 0.3) is 0 Å². The van der Waals surface area contributed by atoms with Gasteiger partial charge >= 0.3 is 0 Å². The van der Waals surface area contributed by atoms with Gasteiger partial charge in [0.05, 0.1) is 0 Å². The molecule has 0 aromatic rings. The van der Waals surface area contributed by atoms with Gasteiger partial charge in [0.1, 0.15) is 0 Å². The van der Waals surface area contributed by atoms with Crippen LogP contribution in [0.2, 0.25) is 0 Å². The third kappa shape index (κ3) is 2.95. The highest BCUT2D eigenvalue weighted by molar-refractivity contribution is 7.13. The van der Waals surface area contributed by atoms with Crippen molar-refractivity contribution in [3.8, 4) is 0 Å². The highest BCUT2D eigenvalue weighted by Crippen LogP contribution is 2.61. The molecule has 2 bridgehead atoms. The van der Waals surface area contributed by atoms with Crippen LogP contribution < -0.4 is 0 Å². The summed E-state index contributed by atoms with van der Waals surface area (Å²) in [6.45, 7) is 17.2. The predicted molar refractivity (Wildman–Crippen MR) is 92.8 cm³/mol. The van der Waals surface area contributed by atoms with Gasteiger partial charge in [-0.3, -0.25) is 4.67 Å². The van der Waals surface area contributed by atoms with Gasteiger partial charge in [0, 0.05) is 11.1 Å². The summed E-state index contributed by atoms with van der Waals surface area (Å²) < 4.78 is 2.67. The van der Waals surface area contributed by atoms with E-state index >= 15 is 0 Å². The average Bonchev–Trinajstić information content (AvgIpc) is 2.20. The summed E-state index contributed by atoms with van der Waals surface area (Å²) >= 11 is 0. The van der Waals surface area contributed by atoms with E-state index < -0.39 is 0 Å². The molecule has 0 amide bonds. The van der Waals surface area contributed by atoms with E-state index in [0.29, 0.717) is 16.4 Å². The fourth-order valence-electron chi connectivity index (χ4n) is 6.10. The Kier molecular flexibility index (Phi) is 4.15. The van der Waals surface area contributed by atoms with Crippen LogP contribution in [-0.2, 0) is 0 Å². The Labute approximate surface area is 129 Å². The van der Waals surface area contributed by atoms with Gasteiger partial charge in [0.25, 0.3) is 0 Å². The lowest BCUT2D eigenvalue weighted by molar-refractivity contribution is -0.0965. The van der Waals surface area contributed by atoms with Gasteiger partial charge in [0.2, 0.25) is 0 Å². The standard InChI is InChI=1S/C18H36NP/c1-8-18-12-17(7,13-18)10-14(2)9-15(3,4)11-16(5,6)19(18)20/h14H,8-13,20H2,1-7H3. The molecule has 2 unspecified atom stereocenters. The van der Waals surface area contributed by atoms with Crippen molar-refractivity contribution < 1.29 is 0 Å². The zero-order valence-corrected chi connectivity index (χ0v) is 16.0. The minimum atomic E-state index is 0.266. The lowest BCUT2D eigenvalue weighted by atomic mass is 9.52. The van der Waals surface area contributed by atoms with Crippen molar-refractivity contribution in [3.05, 3.63) is 0 Å². The first-order valence-electron chi connectivity index (χ1n) is 8.49. The second-order valence-corrected chi connectivity index (χ2v) is 10.3. The number of hydrogen-bond donors (Lipinski definition) is 0. The lowest BCUT2D eigenvalue weighted by Gasteiger charge is -2.64. The molecule has 0 aromatic carbocycles. The van der Waals surface area contributed by atoms with Crippen molar-refractivity contribution in [2.75, 3.05) is 0 Å². The SMILES string of the molecule is CCC12CC(C)(CC(C)CC(C)(C)CC(C)(C)N1P)C2. The third-order valence-electron chi connectivity index (χ3n) is 5.99. The van der Waals surface area contributed by atoms with E-state index in [0.717, 1.165) is 5.92 Å². The predicted octanol–water partition coefficient (Wildman–Crippen LogP) is 5.65. The molecule has 118 valence electrons. The highest BCUT2D eigenvalue weighted by atomic mass is 31.0. The van der Waals surface area contributed by atoms with E-state index in [1.165, 1.54) is 38.5 Å². The van der Waals surface area contributed by atoms with E-state index in [1.54, 1.807) is 0 Å². The molecule has 0 N–H and O–H groups in total. The number of hydrogen-bond acceptors (Lipinski definition) is 1. The molecule has 0 spiro atoms. The zero-order valence-electron chi connectivity index (χ0n) is 14.8. The normalized spacial score (nSPS) is 44.7. The van der Waals surface area contributed by atoms with Gasteiger partial charge in [-0.2, -0.15) is 0 Å². The van der Waals surface area contributed by atoms with E-state index in [1.807, 2.05) is 0 Å². The Balaban J connectivity index is 2.33. The Morgan fingerprint density at radius 2 is 1.55 bits per heavy atom. The van der Waals surface area contributed by atoms with E-state index in [-0.39, 0.29) is 5.54 Å². The van der Waals surface area contributed by atoms with Crippen molar-refractivity contribution in [3.63, 3.8) is 0 Å². The van der Waals surface area contributed by atoms with Crippen LogP contribution in [0.1, 0.15) is 87.0 Å². The van der Waals surface area contributed by atoms with Gasteiger partial charge in [-0.15, -0.1) is 0 Å². The fraction of sp³-hybridized carbons (Fsp3) is 1.00. The summed E-state index contributed by atoms with van der Waals surface area (Å²) in [5.41, 5.74) is 1.71. The summed E-state index contributed by atoms with van der Waals surface area (Å²) in [7, 11) is 3.11. The minimum Gasteiger partial charge on any atom is -0.276 e. The topological polar surface area (TPSA) is 3.24 Å². The second kappa shape index (κ2) is 4.95. The van der Waals surface area contributed by atoms with Gasteiger partial charge in [-0.1, -0.05) is 44.0 Å². The summed E-state index contributed by atoms with van der Waals surface area (Å²) in [4.78, 5) is 0. The smallest absolute Gasteiger partial charge is 0.0255 e. The maximum atomic E-state index is 3.11. The largest absolute Gasteiger partial charge is 0.276 e. The first kappa shape index (κ1) is 16.8. The fourth-order valence-corrected chi connectivity index (χ4v) is 6.56. The monoisotopic (exact) mass is 297 g/mol. The van der Waals surface area contributed by atoms with Gasteiger partial charge < -0.3 is 0 Å². The molecule has 1 aliphatic carbocycles.